The van der Waals surface area contributed by atoms with E-state index in [0.717, 1.165) is 0 Å². The summed E-state index contributed by atoms with van der Waals surface area (Å²) in [6, 6.07) is 0. The van der Waals surface area contributed by atoms with Crippen LogP contribution in [0.1, 0.15) is 13.8 Å². The van der Waals surface area contributed by atoms with Gasteiger partial charge in [-0.15, -0.1) is 0 Å². The first-order chi connectivity index (χ1) is 7.97. The van der Waals surface area contributed by atoms with Gasteiger partial charge in [-0.1, -0.05) is 0 Å². The topological polar surface area (TPSA) is 63.2 Å². The minimum atomic E-state index is -2.80. The van der Waals surface area contributed by atoms with Crippen LogP contribution in [0.2, 0.25) is 3.05 Å². The van der Waals surface area contributed by atoms with Crippen molar-refractivity contribution in [1.29, 1.82) is 0 Å². The zero-order chi connectivity index (χ0) is 13.5. The van der Waals surface area contributed by atoms with Crippen molar-refractivity contribution in [1.82, 2.24) is 0 Å². The van der Waals surface area contributed by atoms with Gasteiger partial charge in [0.2, 0.25) is 0 Å². The van der Waals surface area contributed by atoms with Crippen LogP contribution in [0.4, 0.5) is 0 Å². The molecule has 2 atom stereocenters. The van der Waals surface area contributed by atoms with Gasteiger partial charge in [0, 0.05) is 0 Å². The Morgan fingerprint density at radius 3 is 1.88 bits per heavy atom. The Labute approximate surface area is 116 Å². The summed E-state index contributed by atoms with van der Waals surface area (Å²) < 4.78 is 26.8. The van der Waals surface area contributed by atoms with Crippen LogP contribution in [-0.4, -0.2) is 49.3 Å². The van der Waals surface area contributed by atoms with Crippen molar-refractivity contribution in [3.63, 3.8) is 0 Å². The van der Waals surface area contributed by atoms with Gasteiger partial charge < -0.3 is 0 Å². The van der Waals surface area contributed by atoms with Gasteiger partial charge in [-0.05, 0) is 0 Å². The van der Waals surface area contributed by atoms with Crippen LogP contribution in [-0.2, 0) is 50.5 Å². The molecule has 2 unspecified atom stereocenters. The second kappa shape index (κ2) is 8.54. The molecule has 0 aliphatic heterocycles. The zero-order valence-corrected chi connectivity index (χ0v) is 17.8. The van der Waals surface area contributed by atoms with E-state index in [9.17, 15) is 4.79 Å². The summed E-state index contributed by atoms with van der Waals surface area (Å²) in [5, 5.41) is 0. The number of rotatable bonds is 8. The predicted octanol–water partition coefficient (Wildman–Crippen LogP) is 0.788. The second-order valence-corrected chi connectivity index (χ2v) is 15.8. The molecule has 0 rings (SSSR count). The number of hydrogen-bond donors (Lipinski definition) is 0. The standard InChI is InChI=1S/C7H17O4Si.C2H4O2.Hg/c1-7(8-2)6-12(9-3,10-4)11-5;1-2(3)4;/h6-7H,1-5H3;1H3,(H,3,4);/q;;+1/p-1. The summed E-state index contributed by atoms with van der Waals surface area (Å²) >= 11 is -2.02. The van der Waals surface area contributed by atoms with E-state index in [4.69, 9.17) is 20.7 Å². The molecule has 0 fully saturated rings. The van der Waals surface area contributed by atoms with Gasteiger partial charge in [-0.25, -0.2) is 0 Å². The summed E-state index contributed by atoms with van der Waals surface area (Å²) in [6.07, 6.45) is -0.109. The Morgan fingerprint density at radius 2 is 1.59 bits per heavy atom. The third-order valence-electron chi connectivity index (χ3n) is 2.71. The van der Waals surface area contributed by atoms with Crippen molar-refractivity contribution in [2.24, 2.45) is 0 Å². The summed E-state index contributed by atoms with van der Waals surface area (Å²) in [5.74, 6) is -0.258. The van der Waals surface area contributed by atoms with Gasteiger partial charge in [0.1, 0.15) is 0 Å². The van der Waals surface area contributed by atoms with E-state index >= 15 is 0 Å². The third kappa shape index (κ3) is 4.92. The summed E-state index contributed by atoms with van der Waals surface area (Å²) in [4.78, 5) is 10.9. The minimum absolute atomic E-state index is 0.0450. The van der Waals surface area contributed by atoms with Crippen LogP contribution in [0.25, 0.3) is 0 Å². The van der Waals surface area contributed by atoms with E-state index in [1.807, 2.05) is 6.92 Å². The summed E-state index contributed by atoms with van der Waals surface area (Å²) in [6.45, 7) is 3.32. The van der Waals surface area contributed by atoms with Crippen molar-refractivity contribution in [3.05, 3.63) is 0 Å². The molecule has 0 aromatic rings. The average Bonchev–Trinajstić information content (AvgIpc) is 2.34. The van der Waals surface area contributed by atoms with E-state index in [-0.39, 0.29) is 15.1 Å². The van der Waals surface area contributed by atoms with Crippen LogP contribution in [0.3, 0.4) is 0 Å². The molecule has 0 spiro atoms. The maximum absolute atomic E-state index is 10.9. The van der Waals surface area contributed by atoms with Gasteiger partial charge >= 0.3 is 117 Å². The fourth-order valence-electron chi connectivity index (χ4n) is 1.60. The van der Waals surface area contributed by atoms with E-state index < -0.39 is 33.8 Å². The monoisotopic (exact) mass is 454 g/mol. The fourth-order valence-corrected chi connectivity index (χ4v) is 16.3. The van der Waals surface area contributed by atoms with Crippen molar-refractivity contribution >= 4 is 14.8 Å². The molecule has 0 aromatic heterocycles. The molecule has 0 bridgehead atoms. The average molecular weight is 453 g/mol. The van der Waals surface area contributed by atoms with Crippen LogP contribution in [0.15, 0.2) is 0 Å². The van der Waals surface area contributed by atoms with E-state index in [2.05, 4.69) is 0 Å². The van der Waals surface area contributed by atoms with Crippen molar-refractivity contribution in [2.75, 3.05) is 28.4 Å². The Hall–Kier alpha value is 0.462. The third-order valence-corrected chi connectivity index (χ3v) is 19.3. The van der Waals surface area contributed by atoms with Crippen molar-refractivity contribution in [2.45, 2.75) is 23.0 Å². The molecule has 0 aliphatic rings. The summed E-state index contributed by atoms with van der Waals surface area (Å²) in [5.41, 5.74) is 0. The van der Waals surface area contributed by atoms with Gasteiger partial charge in [-0.3, -0.25) is 0 Å². The first-order valence-corrected chi connectivity index (χ1v) is 12.5. The molecule has 0 aliphatic carbocycles. The molecule has 0 radical (unpaired) electrons. The maximum atomic E-state index is 10.9. The molecule has 0 N–H and O–H groups in total. The van der Waals surface area contributed by atoms with E-state index in [1.165, 1.54) is 6.92 Å². The van der Waals surface area contributed by atoms with Crippen LogP contribution >= 0.6 is 0 Å². The van der Waals surface area contributed by atoms with Crippen molar-refractivity contribution < 1.29 is 50.5 Å². The van der Waals surface area contributed by atoms with Crippen LogP contribution < -0.4 is 0 Å². The second-order valence-electron chi connectivity index (χ2n) is 3.57. The molecule has 17 heavy (non-hydrogen) atoms. The summed E-state index contributed by atoms with van der Waals surface area (Å²) in [7, 11) is 3.46. The molecule has 0 amide bonds. The Bertz CT molecular complexity index is 227. The predicted molar refractivity (Wildman–Crippen MR) is 58.8 cm³/mol. The first-order valence-electron chi connectivity index (χ1n) is 5.29. The Morgan fingerprint density at radius 1 is 1.12 bits per heavy atom. The molecular weight excluding hydrogens is 433 g/mol. The molecule has 0 saturated heterocycles. The molecule has 8 heteroatoms. The fraction of sp³-hybridized carbons (Fsp3) is 0.889. The normalized spacial score (nSPS) is 14.9. The first kappa shape index (κ1) is 17.5. The molecular formula is C9H20HgO6Si. The van der Waals surface area contributed by atoms with Gasteiger partial charge in [0.25, 0.3) is 0 Å². The van der Waals surface area contributed by atoms with E-state index in [0.29, 0.717) is 0 Å². The number of hydrogen-bond acceptors (Lipinski definition) is 6. The number of ether oxygens (including phenoxy) is 1. The molecule has 98 valence electrons. The Kier molecular flexibility index (Phi) is 8.78. The Balaban J connectivity index is 4.91. The van der Waals surface area contributed by atoms with Gasteiger partial charge in [0.05, 0.1) is 0 Å². The van der Waals surface area contributed by atoms with E-state index in [1.54, 1.807) is 28.4 Å². The number of carbonyl (C=O) groups is 1. The molecule has 0 heterocycles. The molecule has 6 nitrogen and oxygen atoms in total. The van der Waals surface area contributed by atoms with Gasteiger partial charge in [0.15, 0.2) is 0 Å². The zero-order valence-electron chi connectivity index (χ0n) is 11.3. The van der Waals surface area contributed by atoms with Crippen LogP contribution in [0.5, 0.6) is 0 Å². The van der Waals surface area contributed by atoms with Gasteiger partial charge in [-0.2, -0.15) is 0 Å². The number of methoxy groups -OCH3 is 1. The number of carbonyl (C=O) groups excluding carboxylic acids is 1. The van der Waals surface area contributed by atoms with Crippen molar-refractivity contribution in [3.8, 4) is 0 Å². The van der Waals surface area contributed by atoms with Crippen LogP contribution in [0, 0.1) is 0 Å². The molecule has 0 aromatic carbocycles. The molecule has 0 saturated carbocycles. The SMILES string of the molecule is COC(C)[CH]([Hg][O]C(C)=O)[Si](OC)(OC)OC. The quantitative estimate of drug-likeness (QED) is 0.507.